The van der Waals surface area contributed by atoms with Crippen molar-refractivity contribution >= 4 is 44.3 Å². The van der Waals surface area contributed by atoms with Gasteiger partial charge in [0, 0.05) is 22.0 Å². The highest BCUT2D eigenvalue weighted by Gasteiger charge is 2.13. The van der Waals surface area contributed by atoms with E-state index in [2.05, 4.69) is 26.2 Å². The standard InChI is InChI=1S/C20H18BrClN2O4/c1-27-16-5-6-17(28-2)18-14(16)9-11(19(25)24-18)7-8-23-20(26)13-10-12(21)3-4-15(13)22/h3-6,9-10H,7-8H2,1-2H3,(H,23,26)(H,24,25). The summed E-state index contributed by atoms with van der Waals surface area (Å²) >= 11 is 9.40. The second-order valence-corrected chi connectivity index (χ2v) is 7.34. The van der Waals surface area contributed by atoms with Gasteiger partial charge >= 0.3 is 0 Å². The number of fused-ring (bicyclic) bond motifs is 1. The van der Waals surface area contributed by atoms with Crippen LogP contribution in [0.5, 0.6) is 11.5 Å². The minimum absolute atomic E-state index is 0.242. The van der Waals surface area contributed by atoms with E-state index in [9.17, 15) is 9.59 Å². The van der Waals surface area contributed by atoms with E-state index in [1.165, 1.54) is 7.11 Å². The number of aromatic amines is 1. The number of halogens is 2. The molecule has 6 nitrogen and oxygen atoms in total. The number of carbonyl (C=O) groups excluding carboxylic acids is 1. The smallest absolute Gasteiger partial charge is 0.252 e. The summed E-state index contributed by atoms with van der Waals surface area (Å²) in [6.45, 7) is 0.280. The van der Waals surface area contributed by atoms with Crippen molar-refractivity contribution in [1.29, 1.82) is 0 Å². The van der Waals surface area contributed by atoms with Gasteiger partial charge in [0.15, 0.2) is 0 Å². The summed E-state index contributed by atoms with van der Waals surface area (Å²) in [6.07, 6.45) is 0.350. The maximum atomic E-state index is 12.5. The molecule has 2 aromatic carbocycles. The van der Waals surface area contributed by atoms with Gasteiger partial charge in [0.1, 0.15) is 11.5 Å². The first-order valence-electron chi connectivity index (χ1n) is 8.44. The van der Waals surface area contributed by atoms with E-state index >= 15 is 0 Å². The van der Waals surface area contributed by atoms with Crippen molar-refractivity contribution in [3.63, 3.8) is 0 Å². The fraction of sp³-hybridized carbons (Fsp3) is 0.200. The van der Waals surface area contributed by atoms with Crippen LogP contribution in [0.4, 0.5) is 0 Å². The third kappa shape index (κ3) is 4.15. The normalized spacial score (nSPS) is 10.7. The van der Waals surface area contributed by atoms with Crippen LogP contribution in [-0.2, 0) is 6.42 Å². The molecular formula is C20H18BrClN2O4. The third-order valence-corrected chi connectivity index (χ3v) is 5.13. The molecular weight excluding hydrogens is 448 g/mol. The van der Waals surface area contributed by atoms with Crippen LogP contribution in [0.3, 0.4) is 0 Å². The highest BCUT2D eigenvalue weighted by atomic mass is 79.9. The van der Waals surface area contributed by atoms with Crippen molar-refractivity contribution in [3.05, 3.63) is 67.4 Å². The summed E-state index contributed by atoms with van der Waals surface area (Å²) in [4.78, 5) is 27.6. The van der Waals surface area contributed by atoms with E-state index in [1.807, 2.05) is 0 Å². The lowest BCUT2D eigenvalue weighted by Gasteiger charge is -2.11. The summed E-state index contributed by atoms with van der Waals surface area (Å²) in [5.41, 5.74) is 1.23. The second-order valence-electron chi connectivity index (χ2n) is 6.01. The van der Waals surface area contributed by atoms with Gasteiger partial charge in [0.05, 0.1) is 30.3 Å². The molecule has 0 saturated heterocycles. The quantitative estimate of drug-likeness (QED) is 0.578. The largest absolute Gasteiger partial charge is 0.496 e. The number of amides is 1. The summed E-state index contributed by atoms with van der Waals surface area (Å²) < 4.78 is 11.4. The van der Waals surface area contributed by atoms with Gasteiger partial charge in [-0.2, -0.15) is 0 Å². The molecule has 0 radical (unpaired) electrons. The van der Waals surface area contributed by atoms with Gasteiger partial charge in [-0.25, -0.2) is 0 Å². The lowest BCUT2D eigenvalue weighted by molar-refractivity contribution is 0.0954. The predicted molar refractivity (Wildman–Crippen MR) is 113 cm³/mol. The van der Waals surface area contributed by atoms with Crippen LogP contribution in [0, 0.1) is 0 Å². The first kappa shape index (κ1) is 20.2. The third-order valence-electron chi connectivity index (χ3n) is 4.31. The Bertz CT molecular complexity index is 1100. The maximum absolute atomic E-state index is 12.5. The van der Waals surface area contributed by atoms with Crippen LogP contribution in [-0.4, -0.2) is 31.7 Å². The number of benzene rings is 2. The van der Waals surface area contributed by atoms with E-state index < -0.39 is 0 Å². The molecule has 0 atom stereocenters. The molecule has 0 aliphatic heterocycles. The summed E-state index contributed by atoms with van der Waals surface area (Å²) in [6, 6.07) is 10.3. The van der Waals surface area contributed by atoms with Gasteiger partial charge in [0.2, 0.25) is 0 Å². The number of ether oxygens (including phenoxy) is 2. The molecule has 28 heavy (non-hydrogen) atoms. The Morgan fingerprint density at radius 3 is 2.57 bits per heavy atom. The number of hydrogen-bond donors (Lipinski definition) is 2. The number of carbonyl (C=O) groups is 1. The summed E-state index contributed by atoms with van der Waals surface area (Å²) in [5, 5.41) is 3.89. The molecule has 0 bridgehead atoms. The Morgan fingerprint density at radius 1 is 1.14 bits per heavy atom. The van der Waals surface area contributed by atoms with Gasteiger partial charge in [-0.15, -0.1) is 0 Å². The van der Waals surface area contributed by atoms with Crippen molar-refractivity contribution in [2.75, 3.05) is 20.8 Å². The Kier molecular flexibility index (Phi) is 6.26. The Morgan fingerprint density at radius 2 is 1.86 bits per heavy atom. The topological polar surface area (TPSA) is 80.4 Å². The average molecular weight is 466 g/mol. The SMILES string of the molecule is COc1ccc(OC)c2[nH]c(=O)c(CCNC(=O)c3cc(Br)ccc3Cl)cc12. The Hall–Kier alpha value is -2.51. The Labute approximate surface area is 174 Å². The van der Waals surface area contributed by atoms with Gasteiger partial charge in [-0.05, 0) is 42.8 Å². The molecule has 1 aromatic heterocycles. The van der Waals surface area contributed by atoms with Crippen molar-refractivity contribution in [1.82, 2.24) is 10.3 Å². The van der Waals surface area contributed by atoms with Crippen LogP contribution in [0.25, 0.3) is 10.9 Å². The van der Waals surface area contributed by atoms with Gasteiger partial charge in [-0.3, -0.25) is 9.59 Å². The lowest BCUT2D eigenvalue weighted by Crippen LogP contribution is -2.27. The van der Waals surface area contributed by atoms with Crippen LogP contribution in [0.15, 0.2) is 45.7 Å². The zero-order chi connectivity index (χ0) is 20.3. The molecule has 0 aliphatic rings. The van der Waals surface area contributed by atoms with Crippen LogP contribution < -0.4 is 20.3 Å². The molecule has 8 heteroatoms. The molecule has 0 unspecified atom stereocenters. The molecule has 0 fully saturated rings. The number of hydrogen-bond acceptors (Lipinski definition) is 4. The number of aromatic nitrogens is 1. The molecule has 1 heterocycles. The molecule has 3 rings (SSSR count). The summed E-state index contributed by atoms with van der Waals surface area (Å²) in [7, 11) is 3.10. The van der Waals surface area contributed by atoms with Gasteiger partial charge in [-0.1, -0.05) is 27.5 Å². The number of methoxy groups -OCH3 is 2. The van der Waals surface area contributed by atoms with Crippen molar-refractivity contribution in [2.45, 2.75) is 6.42 Å². The fourth-order valence-electron chi connectivity index (χ4n) is 2.90. The number of pyridine rings is 1. The van der Waals surface area contributed by atoms with E-state index in [0.717, 1.165) is 9.86 Å². The molecule has 0 saturated carbocycles. The predicted octanol–water partition coefficient (Wildman–Crippen LogP) is 3.93. The van der Waals surface area contributed by atoms with Crippen molar-refractivity contribution in [3.8, 4) is 11.5 Å². The zero-order valence-corrected chi connectivity index (χ0v) is 17.6. The monoisotopic (exact) mass is 464 g/mol. The first-order chi connectivity index (χ1) is 13.4. The molecule has 1 amide bonds. The van der Waals surface area contributed by atoms with E-state index in [1.54, 1.807) is 43.5 Å². The summed E-state index contributed by atoms with van der Waals surface area (Å²) in [5.74, 6) is 0.873. The highest BCUT2D eigenvalue weighted by Crippen LogP contribution is 2.31. The second kappa shape index (κ2) is 8.67. The van der Waals surface area contributed by atoms with Crippen LogP contribution in [0.1, 0.15) is 15.9 Å². The molecule has 0 spiro atoms. The highest BCUT2D eigenvalue weighted by molar-refractivity contribution is 9.10. The van der Waals surface area contributed by atoms with Crippen molar-refractivity contribution < 1.29 is 14.3 Å². The van der Waals surface area contributed by atoms with Crippen LogP contribution >= 0.6 is 27.5 Å². The average Bonchev–Trinajstić information content (AvgIpc) is 2.69. The van der Waals surface area contributed by atoms with Crippen molar-refractivity contribution in [2.24, 2.45) is 0 Å². The molecule has 0 aliphatic carbocycles. The molecule has 2 N–H and O–H groups in total. The maximum Gasteiger partial charge on any atom is 0.252 e. The Balaban J connectivity index is 1.81. The van der Waals surface area contributed by atoms with E-state index in [-0.39, 0.29) is 18.0 Å². The van der Waals surface area contributed by atoms with Gasteiger partial charge < -0.3 is 19.8 Å². The molecule has 3 aromatic rings. The fourth-order valence-corrected chi connectivity index (χ4v) is 3.46. The number of rotatable bonds is 6. The number of nitrogens with one attached hydrogen (secondary N) is 2. The molecule has 146 valence electrons. The lowest BCUT2D eigenvalue weighted by atomic mass is 10.1. The number of H-pyrrole nitrogens is 1. The minimum Gasteiger partial charge on any atom is -0.496 e. The van der Waals surface area contributed by atoms with Gasteiger partial charge in [0.25, 0.3) is 11.5 Å². The first-order valence-corrected chi connectivity index (χ1v) is 9.62. The zero-order valence-electron chi connectivity index (χ0n) is 15.3. The van der Waals surface area contributed by atoms with E-state index in [4.69, 9.17) is 21.1 Å². The minimum atomic E-state index is -0.303. The van der Waals surface area contributed by atoms with Crippen LogP contribution in [0.2, 0.25) is 5.02 Å². The van der Waals surface area contributed by atoms with E-state index in [0.29, 0.717) is 39.6 Å².